The molecular weight excluding hydrogens is 300 g/mol. The van der Waals surface area contributed by atoms with Gasteiger partial charge in [-0.1, -0.05) is 48.0 Å². The van der Waals surface area contributed by atoms with Crippen molar-refractivity contribution in [3.8, 4) is 0 Å². The molecule has 1 N–H and O–H groups in total. The lowest BCUT2D eigenvalue weighted by Gasteiger charge is -2.37. The highest BCUT2D eigenvalue weighted by molar-refractivity contribution is 9.10. The van der Waals surface area contributed by atoms with Gasteiger partial charge in [0.05, 0.1) is 0 Å². The van der Waals surface area contributed by atoms with Crippen molar-refractivity contribution in [3.63, 3.8) is 0 Å². The maximum atomic E-state index is 3.68. The first-order valence-corrected chi connectivity index (χ1v) is 8.24. The molecule has 19 heavy (non-hydrogen) atoms. The van der Waals surface area contributed by atoms with Crippen molar-refractivity contribution in [2.45, 2.75) is 38.6 Å². The molecule has 1 saturated carbocycles. The minimum Gasteiger partial charge on any atom is -0.313 e. The normalized spacial score (nSPS) is 22.5. The largest absolute Gasteiger partial charge is 0.313 e. The summed E-state index contributed by atoms with van der Waals surface area (Å²) < 4.78 is 1.27. The predicted molar refractivity (Wildman–Crippen MR) is 85.7 cm³/mol. The predicted octanol–water partition coefficient (Wildman–Crippen LogP) is 3.63. The summed E-state index contributed by atoms with van der Waals surface area (Å²) in [7, 11) is 0. The van der Waals surface area contributed by atoms with Crippen molar-refractivity contribution in [1.29, 1.82) is 0 Å². The van der Waals surface area contributed by atoms with Crippen LogP contribution in [0.25, 0.3) is 0 Å². The number of halogens is 1. The Hall–Kier alpha value is -0.380. The Bertz CT molecular complexity index is 384. The SMILES string of the molecule is CCN(CC)CCNC1CC(c2ccccc2Br)C1. The molecule has 1 aliphatic carbocycles. The van der Waals surface area contributed by atoms with Crippen molar-refractivity contribution in [2.24, 2.45) is 0 Å². The molecule has 0 radical (unpaired) electrons. The van der Waals surface area contributed by atoms with E-state index in [1.807, 2.05) is 0 Å². The molecule has 0 unspecified atom stereocenters. The van der Waals surface area contributed by atoms with E-state index in [-0.39, 0.29) is 0 Å². The number of benzene rings is 1. The number of likely N-dealkylation sites (N-methyl/N-ethyl adjacent to an activating group) is 1. The minimum atomic E-state index is 0.715. The Balaban J connectivity index is 1.68. The highest BCUT2D eigenvalue weighted by Gasteiger charge is 2.30. The standard InChI is InChI=1S/C16H25BrN2/c1-3-19(4-2)10-9-18-14-11-13(12-14)15-7-5-6-8-16(15)17/h5-8,13-14,18H,3-4,9-12H2,1-2H3. The second kappa shape index (κ2) is 7.41. The quantitative estimate of drug-likeness (QED) is 0.824. The van der Waals surface area contributed by atoms with Crippen LogP contribution in [0, 0.1) is 0 Å². The van der Waals surface area contributed by atoms with Gasteiger partial charge in [-0.05, 0) is 43.5 Å². The maximum Gasteiger partial charge on any atom is 0.0210 e. The molecule has 0 bridgehead atoms. The van der Waals surface area contributed by atoms with Crippen LogP contribution in [0.15, 0.2) is 28.7 Å². The zero-order chi connectivity index (χ0) is 13.7. The molecule has 1 aromatic rings. The third-order valence-electron chi connectivity index (χ3n) is 4.24. The van der Waals surface area contributed by atoms with Crippen molar-refractivity contribution < 1.29 is 0 Å². The third-order valence-corrected chi connectivity index (χ3v) is 4.96. The molecule has 0 saturated heterocycles. The fourth-order valence-corrected chi connectivity index (χ4v) is 3.42. The van der Waals surface area contributed by atoms with Crippen LogP contribution in [-0.2, 0) is 0 Å². The smallest absolute Gasteiger partial charge is 0.0210 e. The third kappa shape index (κ3) is 4.04. The van der Waals surface area contributed by atoms with Gasteiger partial charge in [-0.2, -0.15) is 0 Å². The van der Waals surface area contributed by atoms with Gasteiger partial charge in [0.25, 0.3) is 0 Å². The van der Waals surface area contributed by atoms with Crippen LogP contribution in [0.3, 0.4) is 0 Å². The average molecular weight is 325 g/mol. The lowest BCUT2D eigenvalue weighted by Crippen LogP contribution is -2.43. The van der Waals surface area contributed by atoms with E-state index >= 15 is 0 Å². The molecule has 106 valence electrons. The Morgan fingerprint density at radius 2 is 1.89 bits per heavy atom. The van der Waals surface area contributed by atoms with E-state index < -0.39 is 0 Å². The second-order valence-corrected chi connectivity index (χ2v) is 6.22. The van der Waals surface area contributed by atoms with Crippen molar-refractivity contribution >= 4 is 15.9 Å². The summed E-state index contributed by atoms with van der Waals surface area (Å²) in [4.78, 5) is 2.47. The molecule has 2 nitrogen and oxygen atoms in total. The lowest BCUT2D eigenvalue weighted by molar-refractivity contribution is 0.255. The zero-order valence-corrected chi connectivity index (χ0v) is 13.6. The van der Waals surface area contributed by atoms with Gasteiger partial charge in [0.2, 0.25) is 0 Å². The summed E-state index contributed by atoms with van der Waals surface area (Å²) in [6, 6.07) is 9.35. The molecule has 1 aliphatic rings. The van der Waals surface area contributed by atoms with E-state index in [1.165, 1.54) is 29.4 Å². The van der Waals surface area contributed by atoms with E-state index in [0.717, 1.165) is 25.6 Å². The van der Waals surface area contributed by atoms with E-state index in [2.05, 4.69) is 64.3 Å². The van der Waals surface area contributed by atoms with Gasteiger partial charge in [-0.25, -0.2) is 0 Å². The van der Waals surface area contributed by atoms with Gasteiger partial charge in [0, 0.05) is 23.6 Å². The van der Waals surface area contributed by atoms with Crippen molar-refractivity contribution in [1.82, 2.24) is 10.2 Å². The Morgan fingerprint density at radius 1 is 1.21 bits per heavy atom. The Labute approximate surface area is 125 Å². The van der Waals surface area contributed by atoms with Crippen LogP contribution in [0.1, 0.15) is 38.2 Å². The number of nitrogens with zero attached hydrogens (tertiary/aromatic N) is 1. The summed E-state index contributed by atoms with van der Waals surface area (Å²) in [5, 5.41) is 3.68. The molecule has 0 spiro atoms. The van der Waals surface area contributed by atoms with Crippen LogP contribution in [0.2, 0.25) is 0 Å². The molecule has 3 heteroatoms. The molecule has 1 fully saturated rings. The molecular formula is C16H25BrN2. The number of hydrogen-bond donors (Lipinski definition) is 1. The van der Waals surface area contributed by atoms with Gasteiger partial charge in [0.15, 0.2) is 0 Å². The van der Waals surface area contributed by atoms with Crippen LogP contribution in [-0.4, -0.2) is 37.1 Å². The van der Waals surface area contributed by atoms with Crippen LogP contribution < -0.4 is 5.32 Å². The minimum absolute atomic E-state index is 0.715. The number of nitrogens with one attached hydrogen (secondary N) is 1. The van der Waals surface area contributed by atoms with Gasteiger partial charge in [-0.3, -0.25) is 0 Å². The van der Waals surface area contributed by atoms with Gasteiger partial charge in [0.1, 0.15) is 0 Å². The fourth-order valence-electron chi connectivity index (χ4n) is 2.81. The van der Waals surface area contributed by atoms with Crippen LogP contribution >= 0.6 is 15.9 Å². The molecule has 0 amide bonds. The van der Waals surface area contributed by atoms with Crippen LogP contribution in [0.4, 0.5) is 0 Å². The maximum absolute atomic E-state index is 3.68. The molecule has 2 rings (SSSR count). The first-order chi connectivity index (χ1) is 9.24. The number of rotatable bonds is 7. The first-order valence-electron chi connectivity index (χ1n) is 7.44. The highest BCUT2D eigenvalue weighted by atomic mass is 79.9. The lowest BCUT2D eigenvalue weighted by atomic mass is 9.76. The molecule has 0 aliphatic heterocycles. The van der Waals surface area contributed by atoms with E-state index in [4.69, 9.17) is 0 Å². The van der Waals surface area contributed by atoms with Gasteiger partial charge in [-0.15, -0.1) is 0 Å². The Kier molecular flexibility index (Phi) is 5.86. The highest BCUT2D eigenvalue weighted by Crippen LogP contribution is 2.39. The number of hydrogen-bond acceptors (Lipinski definition) is 2. The summed E-state index contributed by atoms with van der Waals surface area (Å²) in [6.45, 7) is 9.06. The fraction of sp³-hybridized carbons (Fsp3) is 0.625. The molecule has 0 atom stereocenters. The molecule has 0 heterocycles. The van der Waals surface area contributed by atoms with Crippen LogP contribution in [0.5, 0.6) is 0 Å². The monoisotopic (exact) mass is 324 g/mol. The summed E-state index contributed by atoms with van der Waals surface area (Å²) in [5.74, 6) is 0.738. The van der Waals surface area contributed by atoms with Gasteiger partial charge < -0.3 is 10.2 Å². The summed E-state index contributed by atoms with van der Waals surface area (Å²) in [5.41, 5.74) is 1.48. The van der Waals surface area contributed by atoms with E-state index in [0.29, 0.717) is 6.04 Å². The van der Waals surface area contributed by atoms with Gasteiger partial charge >= 0.3 is 0 Å². The summed E-state index contributed by atoms with van der Waals surface area (Å²) >= 11 is 3.65. The topological polar surface area (TPSA) is 15.3 Å². The second-order valence-electron chi connectivity index (χ2n) is 5.37. The van der Waals surface area contributed by atoms with E-state index in [1.54, 1.807) is 0 Å². The summed E-state index contributed by atoms with van der Waals surface area (Å²) in [6.07, 6.45) is 2.56. The van der Waals surface area contributed by atoms with E-state index in [9.17, 15) is 0 Å². The van der Waals surface area contributed by atoms with Crippen molar-refractivity contribution in [3.05, 3.63) is 34.3 Å². The molecule has 0 aromatic heterocycles. The first kappa shape index (κ1) is 15.0. The Morgan fingerprint density at radius 3 is 2.53 bits per heavy atom. The van der Waals surface area contributed by atoms with Crippen molar-refractivity contribution in [2.75, 3.05) is 26.2 Å². The average Bonchev–Trinajstić information content (AvgIpc) is 2.38. The zero-order valence-electron chi connectivity index (χ0n) is 12.0. The molecule has 1 aromatic carbocycles.